The molecular formula is C17H15BrN4O. The molecule has 0 N–H and O–H groups in total. The van der Waals surface area contributed by atoms with E-state index in [1.54, 1.807) is 18.3 Å². The summed E-state index contributed by atoms with van der Waals surface area (Å²) in [7, 11) is 0. The number of carbonyl (C=O) groups excluding carboxylic acids is 1. The molecule has 0 radical (unpaired) electrons. The van der Waals surface area contributed by atoms with E-state index in [9.17, 15) is 10.1 Å². The van der Waals surface area contributed by atoms with Crippen LogP contribution in [0.3, 0.4) is 0 Å². The van der Waals surface area contributed by atoms with Crippen molar-refractivity contribution in [3.05, 3.63) is 58.2 Å². The van der Waals surface area contributed by atoms with E-state index in [0.29, 0.717) is 43.1 Å². The van der Waals surface area contributed by atoms with Crippen LogP contribution in [0.25, 0.3) is 0 Å². The second-order valence-corrected chi connectivity index (χ2v) is 6.10. The molecule has 1 aliphatic heterocycles. The molecule has 0 saturated carbocycles. The Labute approximate surface area is 143 Å². The van der Waals surface area contributed by atoms with Crippen molar-refractivity contribution in [2.45, 2.75) is 0 Å². The maximum absolute atomic E-state index is 12.6. The summed E-state index contributed by atoms with van der Waals surface area (Å²) in [5.74, 6) is 0.724. The van der Waals surface area contributed by atoms with Crippen LogP contribution in [0.2, 0.25) is 0 Å². The zero-order chi connectivity index (χ0) is 16.2. The van der Waals surface area contributed by atoms with Crippen LogP contribution in [-0.4, -0.2) is 42.0 Å². The highest BCUT2D eigenvalue weighted by molar-refractivity contribution is 9.10. The molecule has 1 aliphatic rings. The second-order valence-electron chi connectivity index (χ2n) is 5.25. The number of carbonyl (C=O) groups is 1. The molecule has 1 saturated heterocycles. The van der Waals surface area contributed by atoms with Crippen LogP contribution in [0, 0.1) is 11.3 Å². The number of aromatic nitrogens is 1. The SMILES string of the molecule is N#Cc1cccnc1N1CCN(C(=O)c2ccccc2Br)CC1. The van der Waals surface area contributed by atoms with Gasteiger partial charge in [0.25, 0.3) is 5.91 Å². The number of hydrogen-bond acceptors (Lipinski definition) is 4. The van der Waals surface area contributed by atoms with Gasteiger partial charge in [0.05, 0.1) is 11.1 Å². The monoisotopic (exact) mass is 370 g/mol. The molecule has 6 heteroatoms. The molecule has 1 amide bonds. The van der Waals surface area contributed by atoms with Crippen LogP contribution in [0.4, 0.5) is 5.82 Å². The average Bonchev–Trinajstić information content (AvgIpc) is 2.61. The summed E-state index contributed by atoms with van der Waals surface area (Å²) in [6.45, 7) is 2.56. The van der Waals surface area contributed by atoms with Gasteiger partial charge in [-0.2, -0.15) is 5.26 Å². The van der Waals surface area contributed by atoms with Gasteiger partial charge in [-0.15, -0.1) is 0 Å². The largest absolute Gasteiger partial charge is 0.352 e. The van der Waals surface area contributed by atoms with Gasteiger partial charge in [-0.05, 0) is 40.2 Å². The number of rotatable bonds is 2. The molecular weight excluding hydrogens is 356 g/mol. The van der Waals surface area contributed by atoms with Crippen molar-refractivity contribution in [3.8, 4) is 6.07 Å². The Bertz CT molecular complexity index is 763. The van der Waals surface area contributed by atoms with E-state index >= 15 is 0 Å². The predicted molar refractivity (Wildman–Crippen MR) is 91.2 cm³/mol. The molecule has 0 unspecified atom stereocenters. The highest BCUT2D eigenvalue weighted by Gasteiger charge is 2.24. The molecule has 0 spiro atoms. The zero-order valence-corrected chi connectivity index (χ0v) is 14.0. The minimum atomic E-state index is 0.0265. The predicted octanol–water partition coefficient (Wildman–Crippen LogP) is 2.68. The Balaban J connectivity index is 1.71. The van der Waals surface area contributed by atoms with Crippen LogP contribution < -0.4 is 4.90 Å². The fourth-order valence-electron chi connectivity index (χ4n) is 2.66. The summed E-state index contributed by atoms with van der Waals surface area (Å²) in [4.78, 5) is 20.8. The zero-order valence-electron chi connectivity index (χ0n) is 12.4. The molecule has 0 aliphatic carbocycles. The lowest BCUT2D eigenvalue weighted by Gasteiger charge is -2.35. The van der Waals surface area contributed by atoms with Gasteiger partial charge in [0, 0.05) is 36.8 Å². The molecule has 1 fully saturated rings. The number of nitrogens with zero attached hydrogens (tertiary/aromatic N) is 4. The fraction of sp³-hybridized carbons (Fsp3) is 0.235. The number of amides is 1. The Morgan fingerprint density at radius 2 is 1.87 bits per heavy atom. The number of nitriles is 1. The van der Waals surface area contributed by atoms with Crippen LogP contribution in [0.1, 0.15) is 15.9 Å². The van der Waals surface area contributed by atoms with Gasteiger partial charge in [-0.25, -0.2) is 4.98 Å². The van der Waals surface area contributed by atoms with E-state index in [-0.39, 0.29) is 5.91 Å². The van der Waals surface area contributed by atoms with Crippen molar-refractivity contribution in [1.82, 2.24) is 9.88 Å². The summed E-state index contributed by atoms with van der Waals surface area (Å²) in [6, 6.07) is 13.1. The number of piperazine rings is 1. The molecule has 2 aromatic rings. The summed E-state index contributed by atoms with van der Waals surface area (Å²) in [5, 5.41) is 9.18. The molecule has 5 nitrogen and oxygen atoms in total. The van der Waals surface area contributed by atoms with Crippen LogP contribution >= 0.6 is 15.9 Å². The minimum Gasteiger partial charge on any atom is -0.352 e. The average molecular weight is 371 g/mol. The molecule has 116 valence electrons. The number of pyridine rings is 1. The third-order valence-electron chi connectivity index (χ3n) is 3.88. The first-order valence-corrected chi connectivity index (χ1v) is 8.14. The Morgan fingerprint density at radius 3 is 2.57 bits per heavy atom. The maximum atomic E-state index is 12.6. The third kappa shape index (κ3) is 3.20. The van der Waals surface area contributed by atoms with Gasteiger partial charge in [0.2, 0.25) is 0 Å². The summed E-state index contributed by atoms with van der Waals surface area (Å²) < 4.78 is 0.809. The van der Waals surface area contributed by atoms with Crippen LogP contribution in [-0.2, 0) is 0 Å². The fourth-order valence-corrected chi connectivity index (χ4v) is 3.12. The number of anilines is 1. The molecule has 0 bridgehead atoms. The number of halogens is 1. The van der Waals surface area contributed by atoms with E-state index < -0.39 is 0 Å². The van der Waals surface area contributed by atoms with Crippen molar-refractivity contribution in [2.24, 2.45) is 0 Å². The summed E-state index contributed by atoms with van der Waals surface area (Å²) in [5.41, 5.74) is 1.24. The van der Waals surface area contributed by atoms with Crippen molar-refractivity contribution < 1.29 is 4.79 Å². The number of benzene rings is 1. The summed E-state index contributed by atoms with van der Waals surface area (Å²) in [6.07, 6.45) is 1.69. The van der Waals surface area contributed by atoms with E-state index in [1.807, 2.05) is 29.2 Å². The highest BCUT2D eigenvalue weighted by atomic mass is 79.9. The maximum Gasteiger partial charge on any atom is 0.255 e. The molecule has 1 aromatic heterocycles. The summed E-state index contributed by atoms with van der Waals surface area (Å²) >= 11 is 3.43. The van der Waals surface area contributed by atoms with E-state index in [4.69, 9.17) is 0 Å². The van der Waals surface area contributed by atoms with Gasteiger partial charge in [0.1, 0.15) is 11.9 Å². The number of hydrogen-bond donors (Lipinski definition) is 0. The second kappa shape index (κ2) is 6.80. The lowest BCUT2D eigenvalue weighted by atomic mass is 10.1. The van der Waals surface area contributed by atoms with Gasteiger partial charge >= 0.3 is 0 Å². The van der Waals surface area contributed by atoms with E-state index in [0.717, 1.165) is 4.47 Å². The quantitative estimate of drug-likeness (QED) is 0.815. The van der Waals surface area contributed by atoms with Crippen molar-refractivity contribution in [2.75, 3.05) is 31.1 Å². The van der Waals surface area contributed by atoms with E-state index in [1.165, 1.54) is 0 Å². The van der Waals surface area contributed by atoms with Gasteiger partial charge < -0.3 is 9.80 Å². The minimum absolute atomic E-state index is 0.0265. The molecule has 23 heavy (non-hydrogen) atoms. The highest BCUT2D eigenvalue weighted by Crippen LogP contribution is 2.21. The molecule has 2 heterocycles. The van der Waals surface area contributed by atoms with Crippen LogP contribution in [0.5, 0.6) is 0 Å². The first-order valence-electron chi connectivity index (χ1n) is 7.34. The van der Waals surface area contributed by atoms with Crippen molar-refractivity contribution >= 4 is 27.7 Å². The molecule has 1 aromatic carbocycles. The van der Waals surface area contributed by atoms with E-state index in [2.05, 4.69) is 31.9 Å². The van der Waals surface area contributed by atoms with Gasteiger partial charge in [0.15, 0.2) is 0 Å². The topological polar surface area (TPSA) is 60.2 Å². The Morgan fingerprint density at radius 1 is 1.13 bits per heavy atom. The first kappa shape index (κ1) is 15.5. The first-order chi connectivity index (χ1) is 11.2. The Kier molecular flexibility index (Phi) is 4.58. The molecule has 3 rings (SSSR count). The van der Waals surface area contributed by atoms with Gasteiger partial charge in [-0.1, -0.05) is 12.1 Å². The van der Waals surface area contributed by atoms with Crippen LogP contribution in [0.15, 0.2) is 47.1 Å². The lowest BCUT2D eigenvalue weighted by molar-refractivity contribution is 0.0745. The lowest BCUT2D eigenvalue weighted by Crippen LogP contribution is -2.49. The standard InChI is InChI=1S/C17H15BrN4O/c18-15-6-2-1-5-14(15)17(23)22-10-8-21(9-11-22)16-13(12-19)4-3-7-20-16/h1-7H,8-11H2. The van der Waals surface area contributed by atoms with Crippen molar-refractivity contribution in [1.29, 1.82) is 5.26 Å². The molecule has 0 atom stereocenters. The van der Waals surface area contributed by atoms with Crippen molar-refractivity contribution in [3.63, 3.8) is 0 Å². The third-order valence-corrected chi connectivity index (χ3v) is 4.57. The van der Waals surface area contributed by atoms with Gasteiger partial charge in [-0.3, -0.25) is 4.79 Å². The normalized spacial score (nSPS) is 14.4. The Hall–Kier alpha value is -2.39. The smallest absolute Gasteiger partial charge is 0.255 e.